The first-order chi connectivity index (χ1) is 8.86. The van der Waals surface area contributed by atoms with Crippen LogP contribution in [0.2, 0.25) is 0 Å². The van der Waals surface area contributed by atoms with E-state index in [-0.39, 0.29) is 0 Å². The van der Waals surface area contributed by atoms with Crippen LogP contribution in [0.1, 0.15) is 10.4 Å². The van der Waals surface area contributed by atoms with Crippen LogP contribution in [-0.4, -0.2) is 16.1 Å². The Balaban J connectivity index is 1.94. The largest absolute Gasteiger partial charge is 0.342 e. The molecule has 3 nitrogen and oxygen atoms in total. The van der Waals surface area contributed by atoms with Crippen molar-refractivity contribution < 1.29 is 0 Å². The van der Waals surface area contributed by atoms with Gasteiger partial charge in [0.05, 0.1) is 12.1 Å². The molecular weight excluding hydrogens is 242 g/mol. The van der Waals surface area contributed by atoms with Crippen molar-refractivity contribution >= 4 is 22.2 Å². The monoisotopic (exact) mass is 257 g/mol. The molecule has 18 heavy (non-hydrogen) atoms. The number of hydrogen-bond acceptors (Lipinski definition) is 3. The molecule has 0 saturated carbocycles. The lowest BCUT2D eigenvalue weighted by Gasteiger charge is -2.04. The van der Waals surface area contributed by atoms with Gasteiger partial charge in [0.25, 0.3) is 0 Å². The molecule has 0 atom stereocenters. The summed E-state index contributed by atoms with van der Waals surface area (Å²) in [6.45, 7) is 1.59. The minimum absolute atomic E-state index is 0.701. The molecule has 2 N–H and O–H groups in total. The minimum Gasteiger partial charge on any atom is -0.342 e. The molecule has 3 rings (SSSR count). The number of aromatic nitrogens is 2. The van der Waals surface area contributed by atoms with Gasteiger partial charge in [-0.05, 0) is 42.1 Å². The van der Waals surface area contributed by atoms with Gasteiger partial charge in [0.2, 0.25) is 0 Å². The Morgan fingerprint density at radius 1 is 1.28 bits per heavy atom. The first-order valence-electron chi connectivity index (χ1n) is 6.02. The predicted molar refractivity (Wildman–Crippen MR) is 75.9 cm³/mol. The molecule has 0 aliphatic carbocycles. The summed E-state index contributed by atoms with van der Waals surface area (Å²) in [6.07, 6.45) is 5.01. The van der Waals surface area contributed by atoms with Gasteiger partial charge in [0.15, 0.2) is 0 Å². The molecule has 2 heterocycles. The Labute approximate surface area is 110 Å². The van der Waals surface area contributed by atoms with Gasteiger partial charge >= 0.3 is 0 Å². The first kappa shape index (κ1) is 11.4. The van der Waals surface area contributed by atoms with Crippen LogP contribution in [0.5, 0.6) is 0 Å². The average Bonchev–Trinajstić information content (AvgIpc) is 3.00. The molecule has 0 amide bonds. The number of rotatable bonds is 4. The van der Waals surface area contributed by atoms with Gasteiger partial charge in [0, 0.05) is 22.8 Å². The second-order valence-corrected chi connectivity index (χ2v) is 5.31. The SMILES string of the molecule is NCCc1ccc2c(ccn2Cc2cncs2)c1. The van der Waals surface area contributed by atoms with Crippen molar-refractivity contribution in [3.8, 4) is 0 Å². The predicted octanol–water partition coefficient (Wildman–Crippen LogP) is 2.65. The number of nitrogens with two attached hydrogens (primary N) is 1. The summed E-state index contributed by atoms with van der Waals surface area (Å²) in [7, 11) is 0. The third-order valence-electron chi connectivity index (χ3n) is 3.08. The van der Waals surface area contributed by atoms with Crippen LogP contribution in [0.15, 0.2) is 42.2 Å². The zero-order chi connectivity index (χ0) is 12.4. The highest BCUT2D eigenvalue weighted by Gasteiger charge is 2.03. The normalized spacial score (nSPS) is 11.2. The summed E-state index contributed by atoms with van der Waals surface area (Å²) < 4.78 is 2.26. The summed E-state index contributed by atoms with van der Waals surface area (Å²) in [5.74, 6) is 0. The summed E-state index contributed by atoms with van der Waals surface area (Å²) >= 11 is 1.69. The first-order valence-corrected chi connectivity index (χ1v) is 6.90. The number of benzene rings is 1. The molecular formula is C14H15N3S. The summed E-state index contributed by atoms with van der Waals surface area (Å²) in [4.78, 5) is 5.39. The smallest absolute Gasteiger partial charge is 0.0794 e. The zero-order valence-electron chi connectivity index (χ0n) is 10.0. The van der Waals surface area contributed by atoms with Crippen LogP contribution in [0, 0.1) is 0 Å². The Morgan fingerprint density at radius 2 is 2.22 bits per heavy atom. The van der Waals surface area contributed by atoms with Crippen molar-refractivity contribution in [3.63, 3.8) is 0 Å². The van der Waals surface area contributed by atoms with Gasteiger partial charge in [-0.15, -0.1) is 11.3 Å². The van der Waals surface area contributed by atoms with Crippen LogP contribution in [-0.2, 0) is 13.0 Å². The van der Waals surface area contributed by atoms with Crippen LogP contribution in [0.4, 0.5) is 0 Å². The van der Waals surface area contributed by atoms with E-state index >= 15 is 0 Å². The molecule has 0 fully saturated rings. The highest BCUT2D eigenvalue weighted by molar-refractivity contribution is 7.09. The van der Waals surface area contributed by atoms with Crippen molar-refractivity contribution in [1.29, 1.82) is 0 Å². The van der Waals surface area contributed by atoms with Gasteiger partial charge in [-0.2, -0.15) is 0 Å². The van der Waals surface area contributed by atoms with E-state index in [0.29, 0.717) is 6.54 Å². The van der Waals surface area contributed by atoms with E-state index < -0.39 is 0 Å². The van der Waals surface area contributed by atoms with E-state index in [9.17, 15) is 0 Å². The Morgan fingerprint density at radius 3 is 3.00 bits per heavy atom. The average molecular weight is 257 g/mol. The number of nitrogens with zero attached hydrogens (tertiary/aromatic N) is 2. The molecule has 0 bridgehead atoms. The van der Waals surface area contributed by atoms with Gasteiger partial charge in [-0.25, -0.2) is 0 Å². The van der Waals surface area contributed by atoms with Gasteiger partial charge < -0.3 is 10.3 Å². The van der Waals surface area contributed by atoms with E-state index in [4.69, 9.17) is 5.73 Å². The molecule has 0 saturated heterocycles. The standard InChI is InChI=1S/C14H15N3S/c15-5-3-11-1-2-14-12(7-11)4-6-17(14)9-13-8-16-10-18-13/h1-2,4,6-8,10H,3,5,9,15H2. The second kappa shape index (κ2) is 4.92. The van der Waals surface area contributed by atoms with Gasteiger partial charge in [0.1, 0.15) is 0 Å². The number of hydrogen-bond donors (Lipinski definition) is 1. The van der Waals surface area contributed by atoms with Crippen LogP contribution in [0.25, 0.3) is 10.9 Å². The highest BCUT2D eigenvalue weighted by atomic mass is 32.1. The van der Waals surface area contributed by atoms with E-state index in [1.54, 1.807) is 11.3 Å². The van der Waals surface area contributed by atoms with Crippen LogP contribution >= 0.6 is 11.3 Å². The molecule has 0 unspecified atom stereocenters. The fraction of sp³-hybridized carbons (Fsp3) is 0.214. The Bertz CT molecular complexity index is 640. The van der Waals surface area contributed by atoms with Crippen LogP contribution < -0.4 is 5.73 Å². The molecule has 0 spiro atoms. The Kier molecular flexibility index (Phi) is 3.13. The fourth-order valence-corrected chi connectivity index (χ4v) is 2.79. The lowest BCUT2D eigenvalue weighted by molar-refractivity contribution is 0.849. The van der Waals surface area contributed by atoms with Gasteiger partial charge in [-0.3, -0.25) is 4.98 Å². The van der Waals surface area contributed by atoms with E-state index in [2.05, 4.69) is 40.0 Å². The topological polar surface area (TPSA) is 43.8 Å². The fourth-order valence-electron chi connectivity index (χ4n) is 2.20. The molecule has 4 heteroatoms. The number of fused-ring (bicyclic) bond motifs is 1. The molecule has 0 radical (unpaired) electrons. The lowest BCUT2D eigenvalue weighted by atomic mass is 10.1. The summed E-state index contributed by atoms with van der Waals surface area (Å²) in [5, 5.41) is 1.28. The van der Waals surface area contributed by atoms with Crippen molar-refractivity contribution in [1.82, 2.24) is 9.55 Å². The maximum absolute atomic E-state index is 5.59. The van der Waals surface area contributed by atoms with Crippen molar-refractivity contribution in [2.45, 2.75) is 13.0 Å². The van der Waals surface area contributed by atoms with Crippen molar-refractivity contribution in [2.75, 3.05) is 6.54 Å². The van der Waals surface area contributed by atoms with E-state index in [1.165, 1.54) is 21.3 Å². The van der Waals surface area contributed by atoms with Gasteiger partial charge in [-0.1, -0.05) is 6.07 Å². The number of thiazole rings is 1. The van der Waals surface area contributed by atoms with E-state index in [1.807, 2.05) is 11.7 Å². The quantitative estimate of drug-likeness (QED) is 0.781. The second-order valence-electron chi connectivity index (χ2n) is 4.34. The van der Waals surface area contributed by atoms with Crippen molar-refractivity contribution in [3.05, 3.63) is 52.6 Å². The molecule has 0 aliphatic heterocycles. The maximum atomic E-state index is 5.59. The third-order valence-corrected chi connectivity index (χ3v) is 3.84. The summed E-state index contributed by atoms with van der Waals surface area (Å²) in [5.41, 5.74) is 10.0. The Hall–Kier alpha value is -1.65. The zero-order valence-corrected chi connectivity index (χ0v) is 10.9. The van der Waals surface area contributed by atoms with Crippen LogP contribution in [0.3, 0.4) is 0 Å². The van der Waals surface area contributed by atoms with Crippen molar-refractivity contribution in [2.24, 2.45) is 5.73 Å². The molecule has 2 aromatic heterocycles. The maximum Gasteiger partial charge on any atom is 0.0794 e. The third kappa shape index (κ3) is 2.17. The molecule has 0 aliphatic rings. The summed E-state index contributed by atoms with van der Waals surface area (Å²) in [6, 6.07) is 8.74. The molecule has 3 aromatic rings. The lowest BCUT2D eigenvalue weighted by Crippen LogP contribution is -2.02. The van der Waals surface area contributed by atoms with E-state index in [0.717, 1.165) is 13.0 Å². The minimum atomic E-state index is 0.701. The molecule has 1 aromatic carbocycles. The molecule has 92 valence electrons. The highest BCUT2D eigenvalue weighted by Crippen LogP contribution is 2.20.